The van der Waals surface area contributed by atoms with E-state index in [9.17, 15) is 4.79 Å². The predicted octanol–water partition coefficient (Wildman–Crippen LogP) is 2.39. The number of rotatable bonds is 5. The highest BCUT2D eigenvalue weighted by Crippen LogP contribution is 2.23. The van der Waals surface area contributed by atoms with Crippen LogP contribution in [0.4, 0.5) is 0 Å². The van der Waals surface area contributed by atoms with Gasteiger partial charge < -0.3 is 14.6 Å². The highest BCUT2D eigenvalue weighted by molar-refractivity contribution is 5.90. The second-order valence-electron chi connectivity index (χ2n) is 5.48. The third kappa shape index (κ3) is 3.74. The zero-order valence-corrected chi connectivity index (χ0v) is 12.8. The lowest BCUT2D eigenvalue weighted by Gasteiger charge is -2.38. The third-order valence-corrected chi connectivity index (χ3v) is 3.93. The molecule has 0 aliphatic carbocycles. The van der Waals surface area contributed by atoms with Gasteiger partial charge in [0.2, 0.25) is 0 Å². The molecule has 1 aromatic rings. The predicted molar refractivity (Wildman–Crippen MR) is 79.9 cm³/mol. The maximum absolute atomic E-state index is 11.1. The topological polar surface area (TPSA) is 59.0 Å². The van der Waals surface area contributed by atoms with Crippen LogP contribution in [0, 0.1) is 0 Å². The van der Waals surface area contributed by atoms with E-state index in [4.69, 9.17) is 14.6 Å². The quantitative estimate of drug-likeness (QED) is 0.903. The summed E-state index contributed by atoms with van der Waals surface area (Å²) in [6, 6.07) is 5.70. The van der Waals surface area contributed by atoms with E-state index in [0.717, 1.165) is 31.7 Å². The average molecular weight is 293 g/mol. The first kappa shape index (κ1) is 15.8. The van der Waals surface area contributed by atoms with E-state index in [1.807, 2.05) is 12.1 Å². The first-order valence-electron chi connectivity index (χ1n) is 7.31. The minimum absolute atomic E-state index is 0.198. The molecule has 2 unspecified atom stereocenters. The van der Waals surface area contributed by atoms with E-state index in [1.165, 1.54) is 7.11 Å². The lowest BCUT2D eigenvalue weighted by molar-refractivity contribution is -0.0592. The van der Waals surface area contributed by atoms with Gasteiger partial charge in [0, 0.05) is 19.1 Å². The molecule has 2 atom stereocenters. The second kappa shape index (κ2) is 6.91. The Morgan fingerprint density at radius 2 is 2.29 bits per heavy atom. The minimum atomic E-state index is -0.968. The van der Waals surface area contributed by atoms with Crippen LogP contribution in [0.5, 0.6) is 5.75 Å². The fourth-order valence-corrected chi connectivity index (χ4v) is 2.73. The van der Waals surface area contributed by atoms with Crippen LogP contribution in [-0.4, -0.2) is 48.4 Å². The molecule has 1 fully saturated rings. The molecular weight excluding hydrogens is 270 g/mol. The maximum Gasteiger partial charge on any atom is 0.339 e. The van der Waals surface area contributed by atoms with Gasteiger partial charge >= 0.3 is 5.97 Å². The van der Waals surface area contributed by atoms with Crippen LogP contribution in [0.3, 0.4) is 0 Å². The second-order valence-corrected chi connectivity index (χ2v) is 5.48. The smallest absolute Gasteiger partial charge is 0.339 e. The molecule has 1 N–H and O–H groups in total. The summed E-state index contributed by atoms with van der Waals surface area (Å²) in [5, 5.41) is 9.12. The van der Waals surface area contributed by atoms with Gasteiger partial charge in [-0.3, -0.25) is 4.90 Å². The zero-order valence-electron chi connectivity index (χ0n) is 12.8. The normalized spacial score (nSPS) is 23.0. The molecule has 21 heavy (non-hydrogen) atoms. The number of aromatic carboxylic acids is 1. The van der Waals surface area contributed by atoms with Crippen molar-refractivity contribution in [2.45, 2.75) is 39.0 Å². The van der Waals surface area contributed by atoms with Gasteiger partial charge in [0.15, 0.2) is 0 Å². The lowest BCUT2D eigenvalue weighted by Crippen LogP contribution is -2.47. The standard InChI is InChI=1S/C16H23NO4/c1-4-13-10-21-11(2)8-17(13)9-12-5-6-14(16(18)19)15(7-12)20-3/h5-7,11,13H,4,8-10H2,1-3H3,(H,18,19). The highest BCUT2D eigenvalue weighted by Gasteiger charge is 2.25. The van der Waals surface area contributed by atoms with Crippen LogP contribution in [0.1, 0.15) is 36.2 Å². The Labute approximate surface area is 125 Å². The first-order valence-corrected chi connectivity index (χ1v) is 7.31. The van der Waals surface area contributed by atoms with Crippen molar-refractivity contribution in [3.63, 3.8) is 0 Å². The molecule has 5 heteroatoms. The molecular formula is C16H23NO4. The van der Waals surface area contributed by atoms with Gasteiger partial charge in [0.1, 0.15) is 11.3 Å². The van der Waals surface area contributed by atoms with Gasteiger partial charge in [0.25, 0.3) is 0 Å². The van der Waals surface area contributed by atoms with Crippen molar-refractivity contribution >= 4 is 5.97 Å². The van der Waals surface area contributed by atoms with Crippen molar-refractivity contribution in [1.29, 1.82) is 0 Å². The van der Waals surface area contributed by atoms with Crippen LogP contribution in [0.2, 0.25) is 0 Å². The number of methoxy groups -OCH3 is 1. The Kier molecular flexibility index (Phi) is 5.20. The number of hydrogen-bond acceptors (Lipinski definition) is 4. The Hall–Kier alpha value is -1.59. The number of carbonyl (C=O) groups is 1. The van der Waals surface area contributed by atoms with E-state index in [2.05, 4.69) is 18.7 Å². The van der Waals surface area contributed by atoms with Crippen LogP contribution in [0.25, 0.3) is 0 Å². The van der Waals surface area contributed by atoms with Crippen LogP contribution in [-0.2, 0) is 11.3 Å². The van der Waals surface area contributed by atoms with Crippen molar-refractivity contribution in [3.05, 3.63) is 29.3 Å². The molecule has 1 aliphatic rings. The summed E-state index contributed by atoms with van der Waals surface area (Å²) >= 11 is 0. The number of ether oxygens (including phenoxy) is 2. The third-order valence-electron chi connectivity index (χ3n) is 3.93. The van der Waals surface area contributed by atoms with Gasteiger partial charge in [-0.15, -0.1) is 0 Å². The largest absolute Gasteiger partial charge is 0.496 e. The van der Waals surface area contributed by atoms with Gasteiger partial charge in [-0.05, 0) is 31.0 Å². The molecule has 5 nitrogen and oxygen atoms in total. The molecule has 1 saturated heterocycles. The summed E-state index contributed by atoms with van der Waals surface area (Å²) < 4.78 is 10.9. The lowest BCUT2D eigenvalue weighted by atomic mass is 10.1. The van der Waals surface area contributed by atoms with Crippen molar-refractivity contribution < 1.29 is 19.4 Å². The molecule has 0 amide bonds. The molecule has 1 aromatic carbocycles. The SMILES string of the molecule is CCC1COC(C)CN1Cc1ccc(C(=O)O)c(OC)c1. The number of carboxylic acid groups (broad SMARTS) is 1. The average Bonchev–Trinajstić information content (AvgIpc) is 2.47. The zero-order chi connectivity index (χ0) is 15.4. The number of carboxylic acids is 1. The summed E-state index contributed by atoms with van der Waals surface area (Å²) in [4.78, 5) is 13.5. The monoisotopic (exact) mass is 293 g/mol. The fraction of sp³-hybridized carbons (Fsp3) is 0.562. The molecule has 0 spiro atoms. The minimum Gasteiger partial charge on any atom is -0.496 e. The van der Waals surface area contributed by atoms with Crippen molar-refractivity contribution in [3.8, 4) is 5.75 Å². The molecule has 0 aromatic heterocycles. The molecule has 116 valence electrons. The van der Waals surface area contributed by atoms with Crippen molar-refractivity contribution in [2.24, 2.45) is 0 Å². The van der Waals surface area contributed by atoms with E-state index < -0.39 is 5.97 Å². The number of nitrogens with zero attached hydrogens (tertiary/aromatic N) is 1. The Bertz CT molecular complexity index is 503. The van der Waals surface area contributed by atoms with Gasteiger partial charge in [-0.25, -0.2) is 4.79 Å². The van der Waals surface area contributed by atoms with Gasteiger partial charge in [-0.1, -0.05) is 13.0 Å². The van der Waals surface area contributed by atoms with E-state index in [1.54, 1.807) is 6.07 Å². The van der Waals surface area contributed by atoms with Crippen LogP contribution in [0.15, 0.2) is 18.2 Å². The van der Waals surface area contributed by atoms with E-state index in [0.29, 0.717) is 11.8 Å². The van der Waals surface area contributed by atoms with Crippen molar-refractivity contribution in [1.82, 2.24) is 4.90 Å². The summed E-state index contributed by atoms with van der Waals surface area (Å²) in [6.07, 6.45) is 1.27. The summed E-state index contributed by atoms with van der Waals surface area (Å²) in [5.41, 5.74) is 1.26. The molecule has 0 radical (unpaired) electrons. The number of hydrogen-bond donors (Lipinski definition) is 1. The van der Waals surface area contributed by atoms with Gasteiger partial charge in [-0.2, -0.15) is 0 Å². The van der Waals surface area contributed by atoms with Gasteiger partial charge in [0.05, 0.1) is 19.8 Å². The summed E-state index contributed by atoms with van der Waals surface area (Å²) in [5.74, 6) is -0.556. The summed E-state index contributed by atoms with van der Waals surface area (Å²) in [7, 11) is 1.50. The molecule has 1 heterocycles. The Morgan fingerprint density at radius 3 is 2.90 bits per heavy atom. The molecule has 2 rings (SSSR count). The molecule has 0 saturated carbocycles. The number of benzene rings is 1. The van der Waals surface area contributed by atoms with Crippen LogP contribution < -0.4 is 4.74 Å². The first-order chi connectivity index (χ1) is 10.0. The molecule has 0 bridgehead atoms. The summed E-state index contributed by atoms with van der Waals surface area (Å²) in [6.45, 7) is 6.66. The Morgan fingerprint density at radius 1 is 1.52 bits per heavy atom. The maximum atomic E-state index is 11.1. The fourth-order valence-electron chi connectivity index (χ4n) is 2.73. The molecule has 1 aliphatic heterocycles. The van der Waals surface area contributed by atoms with E-state index in [-0.39, 0.29) is 11.7 Å². The number of morpholine rings is 1. The van der Waals surface area contributed by atoms with Crippen LogP contribution >= 0.6 is 0 Å². The van der Waals surface area contributed by atoms with Crippen molar-refractivity contribution in [2.75, 3.05) is 20.3 Å². The van der Waals surface area contributed by atoms with E-state index >= 15 is 0 Å². The highest BCUT2D eigenvalue weighted by atomic mass is 16.5. The Balaban J connectivity index is 2.16.